The van der Waals surface area contributed by atoms with Crippen molar-refractivity contribution in [3.63, 3.8) is 0 Å². The number of hydrogen-bond donors (Lipinski definition) is 2. The lowest BCUT2D eigenvalue weighted by molar-refractivity contribution is -0.121. The van der Waals surface area contributed by atoms with Gasteiger partial charge in [0.25, 0.3) is 11.8 Å². The lowest BCUT2D eigenvalue weighted by Crippen LogP contribution is -2.46. The second-order valence-corrected chi connectivity index (χ2v) is 9.85. The Morgan fingerprint density at radius 1 is 0.941 bits per heavy atom. The Labute approximate surface area is 198 Å². The highest BCUT2D eigenvalue weighted by Crippen LogP contribution is 2.29. The fourth-order valence-corrected chi connectivity index (χ4v) is 4.36. The van der Waals surface area contributed by atoms with E-state index in [2.05, 4.69) is 10.9 Å². The van der Waals surface area contributed by atoms with E-state index >= 15 is 0 Å². The number of fused-ring (bicyclic) bond motifs is 1. The number of amides is 2. The smallest absolute Gasteiger partial charge is 0.269 e. The quantitative estimate of drug-likeness (QED) is 0.474. The number of ether oxygens (including phenoxy) is 2. The van der Waals surface area contributed by atoms with Crippen LogP contribution in [0.2, 0.25) is 0 Å². The monoisotopic (exact) mass is 485 g/mol. The van der Waals surface area contributed by atoms with Gasteiger partial charge in [-0.05, 0) is 55.0 Å². The molecule has 2 N–H and O–H groups in total. The van der Waals surface area contributed by atoms with E-state index in [1.165, 1.54) is 32.4 Å². The van der Waals surface area contributed by atoms with Crippen molar-refractivity contribution in [1.82, 2.24) is 15.2 Å². The number of methoxy groups -OCH3 is 1. The third-order valence-electron chi connectivity index (χ3n) is 4.90. The number of benzene rings is 3. The minimum absolute atomic E-state index is 0.0707. The molecule has 0 saturated heterocycles. The van der Waals surface area contributed by atoms with E-state index in [0.29, 0.717) is 11.5 Å². The van der Waals surface area contributed by atoms with Crippen molar-refractivity contribution in [2.45, 2.75) is 24.8 Å². The van der Waals surface area contributed by atoms with Crippen LogP contribution in [0.25, 0.3) is 10.8 Å². The van der Waals surface area contributed by atoms with Crippen LogP contribution in [0.15, 0.2) is 65.6 Å². The summed E-state index contributed by atoms with van der Waals surface area (Å²) in [6.45, 7) is 3.25. The van der Waals surface area contributed by atoms with Gasteiger partial charge in [0, 0.05) is 12.6 Å². The molecule has 3 aromatic carbocycles. The van der Waals surface area contributed by atoms with Gasteiger partial charge in [-0.2, -0.15) is 4.31 Å². The number of hydrazine groups is 1. The number of likely N-dealkylation sites (N-methyl/N-ethyl adjacent to an activating group) is 1. The molecule has 0 fully saturated rings. The molecular weight excluding hydrogens is 458 g/mol. The summed E-state index contributed by atoms with van der Waals surface area (Å²) in [6.07, 6.45) is -0.0734. The molecule has 0 aliphatic carbocycles. The van der Waals surface area contributed by atoms with Crippen molar-refractivity contribution in [3.05, 3.63) is 66.2 Å². The minimum atomic E-state index is -3.91. The molecule has 0 bridgehead atoms. The molecule has 0 unspecified atom stereocenters. The normalized spacial score (nSPS) is 11.5. The summed E-state index contributed by atoms with van der Waals surface area (Å²) >= 11 is 0. The van der Waals surface area contributed by atoms with Crippen molar-refractivity contribution in [1.29, 1.82) is 0 Å². The molecule has 0 heterocycles. The fourth-order valence-electron chi connectivity index (χ4n) is 3.19. The number of nitrogens with one attached hydrogen (secondary N) is 2. The lowest BCUT2D eigenvalue weighted by atomic mass is 10.1. The van der Waals surface area contributed by atoms with Crippen molar-refractivity contribution in [2.75, 3.05) is 20.7 Å². The molecule has 0 aliphatic heterocycles. The molecule has 3 rings (SSSR count). The molecule has 9 nitrogen and oxygen atoms in total. The molecule has 0 atom stereocenters. The first-order valence-corrected chi connectivity index (χ1v) is 11.9. The summed E-state index contributed by atoms with van der Waals surface area (Å²) in [5.74, 6) is -0.442. The van der Waals surface area contributed by atoms with E-state index in [0.717, 1.165) is 15.1 Å². The Morgan fingerprint density at radius 2 is 1.65 bits per heavy atom. The lowest BCUT2D eigenvalue weighted by Gasteiger charge is -2.18. The summed E-state index contributed by atoms with van der Waals surface area (Å²) in [6, 6.07) is 16.7. The first-order chi connectivity index (χ1) is 16.1. The van der Waals surface area contributed by atoms with Crippen molar-refractivity contribution in [2.24, 2.45) is 0 Å². The maximum Gasteiger partial charge on any atom is 0.269 e. The summed E-state index contributed by atoms with van der Waals surface area (Å²) in [4.78, 5) is 24.8. The molecule has 0 radical (unpaired) electrons. The second kappa shape index (κ2) is 10.5. The maximum absolute atomic E-state index is 12.9. The Bertz CT molecular complexity index is 1310. The van der Waals surface area contributed by atoms with Crippen LogP contribution in [-0.4, -0.2) is 51.3 Å². The number of nitrogens with zero attached hydrogens (tertiary/aromatic N) is 1. The van der Waals surface area contributed by atoms with Crippen LogP contribution >= 0.6 is 0 Å². The van der Waals surface area contributed by atoms with Crippen LogP contribution in [0.1, 0.15) is 24.2 Å². The van der Waals surface area contributed by atoms with E-state index in [9.17, 15) is 18.0 Å². The first-order valence-electron chi connectivity index (χ1n) is 10.5. The van der Waals surface area contributed by atoms with Crippen LogP contribution in [0.3, 0.4) is 0 Å². The number of rotatable bonds is 8. The maximum atomic E-state index is 12.9. The van der Waals surface area contributed by atoms with Gasteiger partial charge < -0.3 is 9.47 Å². The molecule has 0 aliphatic rings. The van der Waals surface area contributed by atoms with Gasteiger partial charge in [-0.25, -0.2) is 8.42 Å². The van der Waals surface area contributed by atoms with E-state index in [1.807, 2.05) is 38.1 Å². The predicted octanol–water partition coefficient (Wildman–Crippen LogP) is 2.72. The Morgan fingerprint density at radius 3 is 2.32 bits per heavy atom. The molecule has 3 aromatic rings. The Balaban J connectivity index is 1.62. The number of hydrogen-bond acceptors (Lipinski definition) is 6. The van der Waals surface area contributed by atoms with Crippen LogP contribution in [-0.2, 0) is 14.8 Å². The van der Waals surface area contributed by atoms with Gasteiger partial charge in [-0.15, -0.1) is 0 Å². The fraction of sp³-hybridized carbons (Fsp3) is 0.250. The van der Waals surface area contributed by atoms with E-state index in [1.54, 1.807) is 18.2 Å². The van der Waals surface area contributed by atoms with Crippen molar-refractivity contribution in [3.8, 4) is 11.5 Å². The Kier molecular flexibility index (Phi) is 7.75. The van der Waals surface area contributed by atoms with Crippen LogP contribution in [0.5, 0.6) is 11.5 Å². The zero-order chi connectivity index (χ0) is 24.9. The highest BCUT2D eigenvalue weighted by molar-refractivity contribution is 7.89. The average Bonchev–Trinajstić information content (AvgIpc) is 2.82. The first kappa shape index (κ1) is 25.0. The number of carbonyl (C=O) groups is 2. The molecule has 0 spiro atoms. The van der Waals surface area contributed by atoms with E-state index < -0.39 is 28.4 Å². The van der Waals surface area contributed by atoms with E-state index in [4.69, 9.17) is 9.47 Å². The van der Waals surface area contributed by atoms with Gasteiger partial charge >= 0.3 is 0 Å². The van der Waals surface area contributed by atoms with Gasteiger partial charge in [-0.1, -0.05) is 30.3 Å². The van der Waals surface area contributed by atoms with Crippen LogP contribution in [0, 0.1) is 0 Å². The molecule has 2 amide bonds. The van der Waals surface area contributed by atoms with Crippen molar-refractivity contribution < 1.29 is 27.5 Å². The van der Waals surface area contributed by atoms with Gasteiger partial charge in [0.05, 0.1) is 24.7 Å². The molecule has 0 aromatic heterocycles. The average molecular weight is 486 g/mol. The standard InChI is InChI=1S/C24H27N3O6S/c1-16(2)33-21-12-10-19(14-22(21)32-4)24(29)26-25-23(28)15-27(3)34(30,31)20-11-9-17-7-5-6-8-18(17)13-20/h5-14,16H,15H2,1-4H3,(H,25,28)(H,26,29). The topological polar surface area (TPSA) is 114 Å². The zero-order valence-corrected chi connectivity index (χ0v) is 20.2. The van der Waals surface area contributed by atoms with Crippen LogP contribution < -0.4 is 20.3 Å². The molecule has 34 heavy (non-hydrogen) atoms. The highest BCUT2D eigenvalue weighted by Gasteiger charge is 2.23. The van der Waals surface area contributed by atoms with Crippen LogP contribution in [0.4, 0.5) is 0 Å². The highest BCUT2D eigenvalue weighted by atomic mass is 32.2. The molecular formula is C24H27N3O6S. The van der Waals surface area contributed by atoms with Gasteiger partial charge in [-0.3, -0.25) is 20.4 Å². The zero-order valence-electron chi connectivity index (χ0n) is 19.4. The van der Waals surface area contributed by atoms with Crippen molar-refractivity contribution >= 4 is 32.6 Å². The molecule has 180 valence electrons. The van der Waals surface area contributed by atoms with Gasteiger partial charge in [0.1, 0.15) is 0 Å². The Hall–Kier alpha value is -3.63. The van der Waals surface area contributed by atoms with Gasteiger partial charge in [0.2, 0.25) is 10.0 Å². The molecule has 10 heteroatoms. The minimum Gasteiger partial charge on any atom is -0.493 e. The second-order valence-electron chi connectivity index (χ2n) is 7.80. The predicted molar refractivity (Wildman–Crippen MR) is 128 cm³/mol. The third kappa shape index (κ3) is 5.83. The molecule has 0 saturated carbocycles. The number of sulfonamides is 1. The summed E-state index contributed by atoms with van der Waals surface area (Å²) in [5, 5.41) is 1.68. The largest absolute Gasteiger partial charge is 0.493 e. The third-order valence-corrected chi connectivity index (χ3v) is 6.70. The summed E-state index contributed by atoms with van der Waals surface area (Å²) in [5.41, 5.74) is 4.73. The van der Waals surface area contributed by atoms with E-state index in [-0.39, 0.29) is 16.6 Å². The summed E-state index contributed by atoms with van der Waals surface area (Å²) < 4.78 is 37.6. The summed E-state index contributed by atoms with van der Waals surface area (Å²) in [7, 11) is -1.16. The number of carbonyl (C=O) groups excluding carboxylic acids is 2. The SMILES string of the molecule is COc1cc(C(=O)NNC(=O)CN(C)S(=O)(=O)c2ccc3ccccc3c2)ccc1OC(C)C. The van der Waals surface area contributed by atoms with Gasteiger partial charge in [0.15, 0.2) is 11.5 Å².